The van der Waals surface area contributed by atoms with Gasteiger partial charge in [0, 0.05) is 24.1 Å². The van der Waals surface area contributed by atoms with Gasteiger partial charge in [-0.3, -0.25) is 24.0 Å². The topological polar surface area (TPSA) is 151 Å². The van der Waals surface area contributed by atoms with Crippen LogP contribution in [0.15, 0.2) is 96.4 Å². The molecule has 2 aliphatic heterocycles. The van der Waals surface area contributed by atoms with Gasteiger partial charge in [0.1, 0.15) is 17.8 Å². The van der Waals surface area contributed by atoms with Gasteiger partial charge < -0.3 is 25.8 Å². The van der Waals surface area contributed by atoms with Gasteiger partial charge in [-0.2, -0.15) is 13.2 Å². The van der Waals surface area contributed by atoms with Gasteiger partial charge in [0.15, 0.2) is 12.4 Å². The number of carboxylic acid groups (broad SMARTS) is 1. The summed E-state index contributed by atoms with van der Waals surface area (Å²) < 4.78 is 45.5. The third-order valence-corrected chi connectivity index (χ3v) is 9.45. The van der Waals surface area contributed by atoms with Crippen LogP contribution in [0.1, 0.15) is 33.6 Å². The molecule has 0 saturated heterocycles. The van der Waals surface area contributed by atoms with Crippen molar-refractivity contribution in [3.8, 4) is 5.75 Å². The fraction of sp³-hybridized carbons (Fsp3) is 0.289. The smallest absolute Gasteiger partial charge is 0.416 e. The zero-order valence-corrected chi connectivity index (χ0v) is 28.5. The second kappa shape index (κ2) is 17.1. The van der Waals surface area contributed by atoms with E-state index >= 15 is 0 Å². The van der Waals surface area contributed by atoms with E-state index in [1.54, 1.807) is 72.1 Å². The predicted octanol–water partition coefficient (Wildman–Crippen LogP) is 4.54. The van der Waals surface area contributed by atoms with E-state index in [9.17, 15) is 42.3 Å². The van der Waals surface area contributed by atoms with E-state index in [2.05, 4.69) is 16.0 Å². The summed E-state index contributed by atoms with van der Waals surface area (Å²) >= 11 is 1.35. The van der Waals surface area contributed by atoms with Crippen LogP contribution in [0.4, 0.5) is 13.2 Å². The first-order valence-electron chi connectivity index (χ1n) is 16.4. The first kappa shape index (κ1) is 37.7. The van der Waals surface area contributed by atoms with Crippen molar-refractivity contribution < 1.29 is 47.0 Å². The van der Waals surface area contributed by atoms with Crippen molar-refractivity contribution in [1.29, 1.82) is 0 Å². The molecule has 3 amide bonds. The maximum absolute atomic E-state index is 14.1. The number of hydrogen-bond acceptors (Lipinski definition) is 7. The maximum atomic E-state index is 14.1. The number of carbonyl (C=O) groups excluding carboxylic acids is 4. The molecular formula is C38H36F3N3O7S. The van der Waals surface area contributed by atoms with Crippen LogP contribution in [0.2, 0.25) is 0 Å². The quantitative estimate of drug-likeness (QED) is 0.204. The molecule has 52 heavy (non-hydrogen) atoms. The number of rotatable bonds is 7. The Labute approximate surface area is 301 Å². The Balaban J connectivity index is 1.51. The number of ketones is 1. The Bertz CT molecular complexity index is 1850. The van der Waals surface area contributed by atoms with Crippen LogP contribution in [0.3, 0.4) is 0 Å². The van der Waals surface area contributed by atoms with Gasteiger partial charge in [-0.25, -0.2) is 0 Å². The van der Waals surface area contributed by atoms with E-state index in [0.717, 1.165) is 17.0 Å². The van der Waals surface area contributed by atoms with E-state index < -0.39 is 78.3 Å². The molecule has 14 heteroatoms. The lowest BCUT2D eigenvalue weighted by Gasteiger charge is -2.26. The number of carbonyl (C=O) groups is 5. The number of fused-ring (bicyclic) bond motifs is 16. The zero-order chi connectivity index (χ0) is 37.3. The summed E-state index contributed by atoms with van der Waals surface area (Å²) in [7, 11) is 0. The normalized spacial score (nSPS) is 20.8. The lowest BCUT2D eigenvalue weighted by atomic mass is 9.90. The molecular weight excluding hydrogens is 699 g/mol. The molecule has 0 fully saturated rings. The van der Waals surface area contributed by atoms with Crippen LogP contribution in [0.25, 0.3) is 0 Å². The number of nitrogens with one attached hydrogen (secondary N) is 3. The van der Waals surface area contributed by atoms with Crippen molar-refractivity contribution in [2.45, 2.75) is 56.4 Å². The van der Waals surface area contributed by atoms with E-state index in [1.807, 2.05) is 0 Å². The van der Waals surface area contributed by atoms with Crippen LogP contribution in [0.5, 0.6) is 5.75 Å². The molecule has 0 radical (unpaired) electrons. The van der Waals surface area contributed by atoms with Gasteiger partial charge in [0.05, 0.1) is 17.5 Å². The second-order valence-corrected chi connectivity index (χ2v) is 13.5. The number of Topliss-reactive ketones (excluding diaryl/α,β-unsaturated/α-hetero) is 1. The summed E-state index contributed by atoms with van der Waals surface area (Å²) in [6.45, 7) is -0.462. The summed E-state index contributed by atoms with van der Waals surface area (Å²) in [5, 5.41) is 19.9. The van der Waals surface area contributed by atoms with Crippen molar-refractivity contribution in [2.24, 2.45) is 5.92 Å². The summed E-state index contributed by atoms with van der Waals surface area (Å²) in [6.07, 6.45) is -5.24. The number of halogens is 3. The van der Waals surface area contributed by atoms with Crippen LogP contribution >= 0.6 is 11.3 Å². The van der Waals surface area contributed by atoms with Gasteiger partial charge in [0.25, 0.3) is 5.91 Å². The third kappa shape index (κ3) is 10.8. The van der Waals surface area contributed by atoms with Gasteiger partial charge in [-0.15, -0.1) is 11.3 Å². The summed E-state index contributed by atoms with van der Waals surface area (Å²) in [5.41, 5.74) is 0.647. The Morgan fingerprint density at radius 3 is 1.96 bits per heavy atom. The minimum absolute atomic E-state index is 0.00178. The van der Waals surface area contributed by atoms with Gasteiger partial charge in [0.2, 0.25) is 11.8 Å². The number of aliphatic carboxylic acids is 1. The molecule has 2 aliphatic rings. The first-order valence-corrected chi connectivity index (χ1v) is 17.3. The Kier molecular flexibility index (Phi) is 12.4. The predicted molar refractivity (Wildman–Crippen MR) is 185 cm³/mol. The standard InChI is InChI=1S/C38H36F3N3O7S/c39-38(40,41)27-12-8-25(9-13-27)19-31-35(47)43-30(18-23-5-2-1-3-6-23)33(45)20-26(37(49)50)17-24-10-14-28(15-11-24)51-22-34(46)42-32(36(48)44-31)21-29-7-4-16-52-29/h1-16,26,30-32H,17-22H2,(H,42,46)(H,43,47)(H,44,48)(H,49,50)/t26-,30+,31-,32+/m1/s1. The van der Waals surface area contributed by atoms with Gasteiger partial charge >= 0.3 is 12.1 Å². The number of benzene rings is 3. The highest BCUT2D eigenvalue weighted by Gasteiger charge is 2.34. The number of amides is 3. The Morgan fingerprint density at radius 2 is 1.35 bits per heavy atom. The SMILES string of the molecule is O=C1COc2ccc(cc2)C[C@@H](C(=O)O)CC(=O)[C@H](Cc2ccccc2)NC(=O)[C@@H](Cc2ccc(C(F)(F)F)cc2)NC(=O)[C@H](Cc2cccs2)N1. The minimum atomic E-state index is -4.60. The van der Waals surface area contributed by atoms with Crippen molar-refractivity contribution in [3.63, 3.8) is 0 Å². The fourth-order valence-electron chi connectivity index (χ4n) is 5.78. The van der Waals surface area contributed by atoms with E-state index in [0.29, 0.717) is 16.9 Å². The average Bonchev–Trinajstić information content (AvgIpc) is 3.63. The average molecular weight is 736 g/mol. The largest absolute Gasteiger partial charge is 0.484 e. The third-order valence-electron chi connectivity index (χ3n) is 8.55. The molecule has 6 rings (SSSR count). The first-order chi connectivity index (χ1) is 24.8. The molecule has 272 valence electrons. The molecule has 10 nitrogen and oxygen atoms in total. The zero-order valence-electron chi connectivity index (χ0n) is 27.7. The van der Waals surface area contributed by atoms with Gasteiger partial charge in [-0.05, 0) is 65.2 Å². The van der Waals surface area contributed by atoms with Crippen LogP contribution in [-0.2, 0) is 55.8 Å². The minimum Gasteiger partial charge on any atom is -0.484 e. The van der Waals surface area contributed by atoms with Crippen molar-refractivity contribution in [3.05, 3.63) is 124 Å². The van der Waals surface area contributed by atoms with Crippen molar-refractivity contribution in [1.82, 2.24) is 16.0 Å². The second-order valence-electron chi connectivity index (χ2n) is 12.5. The summed E-state index contributed by atoms with van der Waals surface area (Å²) in [4.78, 5) is 68.0. The molecule has 4 aromatic rings. The fourth-order valence-corrected chi connectivity index (χ4v) is 6.53. The molecule has 4 N–H and O–H groups in total. The summed E-state index contributed by atoms with van der Waals surface area (Å²) in [5.74, 6) is -4.84. The van der Waals surface area contributed by atoms with Crippen LogP contribution in [-0.4, -0.2) is 59.3 Å². The molecule has 0 unspecified atom stereocenters. The van der Waals surface area contributed by atoms with Crippen molar-refractivity contribution in [2.75, 3.05) is 6.61 Å². The number of carboxylic acids is 1. The highest BCUT2D eigenvalue weighted by atomic mass is 32.1. The maximum Gasteiger partial charge on any atom is 0.416 e. The number of thiophene rings is 1. The van der Waals surface area contributed by atoms with E-state index in [1.165, 1.54) is 23.5 Å². The van der Waals surface area contributed by atoms with Gasteiger partial charge in [-0.1, -0.05) is 60.7 Å². The molecule has 2 bridgehead atoms. The van der Waals surface area contributed by atoms with Crippen molar-refractivity contribution >= 4 is 40.8 Å². The highest BCUT2D eigenvalue weighted by Crippen LogP contribution is 2.29. The molecule has 0 aliphatic carbocycles. The Hall–Kier alpha value is -5.50. The number of alkyl halides is 3. The lowest BCUT2D eigenvalue weighted by Crippen LogP contribution is -2.57. The lowest BCUT2D eigenvalue weighted by molar-refractivity contribution is -0.144. The van der Waals surface area contributed by atoms with Crippen LogP contribution < -0.4 is 20.7 Å². The van der Waals surface area contributed by atoms with E-state index in [-0.39, 0.29) is 31.2 Å². The summed E-state index contributed by atoms with van der Waals surface area (Å²) in [6, 6.07) is 19.0. The molecule has 0 saturated carbocycles. The van der Waals surface area contributed by atoms with Crippen LogP contribution in [0, 0.1) is 5.92 Å². The molecule has 0 spiro atoms. The molecule has 1 aromatic heterocycles. The number of ether oxygens (including phenoxy) is 1. The monoisotopic (exact) mass is 735 g/mol. The Morgan fingerprint density at radius 1 is 0.731 bits per heavy atom. The highest BCUT2D eigenvalue weighted by molar-refractivity contribution is 7.09. The van der Waals surface area contributed by atoms with E-state index in [4.69, 9.17) is 4.74 Å². The molecule has 4 atom stereocenters. The molecule has 3 heterocycles. The molecule has 3 aromatic carbocycles. The number of hydrogen-bond donors (Lipinski definition) is 4.